The van der Waals surface area contributed by atoms with Crippen LogP contribution in [0, 0.1) is 0 Å². The second-order valence-corrected chi connectivity index (χ2v) is 5.24. The fraction of sp³-hybridized carbons (Fsp3) is 0.200. The molecule has 0 amide bonds. The van der Waals surface area contributed by atoms with Gasteiger partial charge in [0.25, 0.3) is 0 Å². The Morgan fingerprint density at radius 2 is 1.80 bits per heavy atom. The molecule has 3 aromatic rings. The van der Waals surface area contributed by atoms with Crippen LogP contribution in [-0.2, 0) is 0 Å². The number of fused-ring (bicyclic) bond motifs is 1. The van der Waals surface area contributed by atoms with Crippen LogP contribution in [0.5, 0.6) is 0 Å². The van der Waals surface area contributed by atoms with Gasteiger partial charge >= 0.3 is 0 Å². The minimum absolute atomic E-state index is 0.502. The van der Waals surface area contributed by atoms with Crippen LogP contribution in [0.25, 0.3) is 22.2 Å². The molecule has 0 unspecified atom stereocenters. The standard InChI is InChI=1S/C15H15N5/c16-10-3-1-9(2-4-10)14-13-12(7-8-18-15(13)17)20(19-14)11-5-6-11/h1-4,7-8,11H,5-6,16H2,(H2,17,18). The largest absolute Gasteiger partial charge is 0.399 e. The number of hydrogen-bond donors (Lipinski definition) is 2. The van der Waals surface area contributed by atoms with Gasteiger partial charge in [0.1, 0.15) is 11.5 Å². The molecule has 2 aromatic heterocycles. The number of aromatic nitrogens is 3. The second kappa shape index (κ2) is 3.96. The van der Waals surface area contributed by atoms with E-state index in [1.165, 1.54) is 12.8 Å². The van der Waals surface area contributed by atoms with Gasteiger partial charge in [0.05, 0.1) is 16.9 Å². The zero-order valence-corrected chi connectivity index (χ0v) is 11.0. The van der Waals surface area contributed by atoms with Gasteiger partial charge in [-0.25, -0.2) is 4.98 Å². The maximum atomic E-state index is 6.07. The van der Waals surface area contributed by atoms with Gasteiger partial charge in [-0.3, -0.25) is 4.68 Å². The second-order valence-electron chi connectivity index (χ2n) is 5.24. The molecule has 0 spiro atoms. The van der Waals surface area contributed by atoms with Crippen molar-refractivity contribution in [1.82, 2.24) is 14.8 Å². The molecular formula is C15H15N5. The quantitative estimate of drug-likeness (QED) is 0.698. The first-order valence-electron chi connectivity index (χ1n) is 6.72. The Labute approximate surface area is 116 Å². The molecule has 1 aromatic carbocycles. The van der Waals surface area contributed by atoms with Crippen LogP contribution < -0.4 is 11.5 Å². The van der Waals surface area contributed by atoms with Crippen molar-refractivity contribution in [3.8, 4) is 11.3 Å². The Hall–Kier alpha value is -2.56. The zero-order chi connectivity index (χ0) is 13.7. The first-order chi connectivity index (χ1) is 9.74. The van der Waals surface area contributed by atoms with Gasteiger partial charge in [-0.15, -0.1) is 0 Å². The summed E-state index contributed by atoms with van der Waals surface area (Å²) in [5.74, 6) is 0.529. The maximum Gasteiger partial charge on any atom is 0.135 e. The summed E-state index contributed by atoms with van der Waals surface area (Å²) < 4.78 is 2.08. The topological polar surface area (TPSA) is 82.8 Å². The van der Waals surface area contributed by atoms with E-state index in [-0.39, 0.29) is 0 Å². The van der Waals surface area contributed by atoms with Crippen LogP contribution in [0.4, 0.5) is 11.5 Å². The van der Waals surface area contributed by atoms with E-state index in [9.17, 15) is 0 Å². The molecule has 2 heterocycles. The molecule has 0 atom stereocenters. The summed E-state index contributed by atoms with van der Waals surface area (Å²) in [5, 5.41) is 5.70. The van der Waals surface area contributed by atoms with Gasteiger partial charge in [-0.2, -0.15) is 5.10 Å². The smallest absolute Gasteiger partial charge is 0.135 e. The van der Waals surface area contributed by atoms with Crippen LogP contribution in [0.2, 0.25) is 0 Å². The van der Waals surface area contributed by atoms with Crippen LogP contribution in [0.3, 0.4) is 0 Å². The van der Waals surface area contributed by atoms with Crippen LogP contribution in [-0.4, -0.2) is 14.8 Å². The van der Waals surface area contributed by atoms with E-state index in [1.54, 1.807) is 6.20 Å². The monoisotopic (exact) mass is 265 g/mol. The lowest BCUT2D eigenvalue weighted by Gasteiger charge is -2.00. The highest BCUT2D eigenvalue weighted by Crippen LogP contribution is 2.40. The molecule has 4 N–H and O–H groups in total. The van der Waals surface area contributed by atoms with E-state index in [4.69, 9.17) is 16.6 Å². The Bertz CT molecular complexity index is 784. The summed E-state index contributed by atoms with van der Waals surface area (Å²) in [7, 11) is 0. The van der Waals surface area contributed by atoms with Crippen molar-refractivity contribution in [2.24, 2.45) is 0 Å². The summed E-state index contributed by atoms with van der Waals surface area (Å²) >= 11 is 0. The Kier molecular flexibility index (Phi) is 2.24. The first kappa shape index (κ1) is 11.3. The van der Waals surface area contributed by atoms with Crippen LogP contribution in [0.1, 0.15) is 18.9 Å². The molecule has 1 aliphatic carbocycles. The normalized spacial score (nSPS) is 14.8. The molecule has 4 rings (SSSR count). The fourth-order valence-corrected chi connectivity index (χ4v) is 2.55. The van der Waals surface area contributed by atoms with Crippen molar-refractivity contribution in [3.05, 3.63) is 36.5 Å². The number of nitrogens with two attached hydrogens (primary N) is 2. The third-order valence-electron chi connectivity index (χ3n) is 3.73. The van der Waals surface area contributed by atoms with Crippen molar-refractivity contribution >= 4 is 22.4 Å². The van der Waals surface area contributed by atoms with Crippen molar-refractivity contribution in [2.45, 2.75) is 18.9 Å². The van der Waals surface area contributed by atoms with Gasteiger partial charge in [0.15, 0.2) is 0 Å². The number of benzene rings is 1. The zero-order valence-electron chi connectivity index (χ0n) is 11.0. The summed E-state index contributed by atoms with van der Waals surface area (Å²) in [6, 6.07) is 10.2. The van der Waals surface area contributed by atoms with Crippen molar-refractivity contribution in [1.29, 1.82) is 0 Å². The van der Waals surface area contributed by atoms with Gasteiger partial charge in [-0.1, -0.05) is 12.1 Å². The molecule has 1 aliphatic rings. The average Bonchev–Trinajstić information content (AvgIpc) is 3.21. The third kappa shape index (κ3) is 1.63. The number of nitrogens with zero attached hydrogens (tertiary/aromatic N) is 3. The average molecular weight is 265 g/mol. The van der Waals surface area contributed by atoms with Gasteiger partial charge in [0.2, 0.25) is 0 Å². The van der Waals surface area contributed by atoms with E-state index in [0.717, 1.165) is 27.8 Å². The molecule has 5 heteroatoms. The van der Waals surface area contributed by atoms with E-state index in [1.807, 2.05) is 30.3 Å². The summed E-state index contributed by atoms with van der Waals surface area (Å²) in [5.41, 5.74) is 15.5. The van der Waals surface area contributed by atoms with Crippen molar-refractivity contribution in [3.63, 3.8) is 0 Å². The Morgan fingerprint density at radius 3 is 2.50 bits per heavy atom. The number of hydrogen-bond acceptors (Lipinski definition) is 4. The van der Waals surface area contributed by atoms with Gasteiger partial charge < -0.3 is 11.5 Å². The third-order valence-corrected chi connectivity index (χ3v) is 3.73. The van der Waals surface area contributed by atoms with E-state index in [0.29, 0.717) is 11.9 Å². The van der Waals surface area contributed by atoms with Crippen molar-refractivity contribution < 1.29 is 0 Å². The molecule has 1 fully saturated rings. The Balaban J connectivity index is 2.01. The summed E-state index contributed by atoms with van der Waals surface area (Å²) in [4.78, 5) is 4.20. The number of pyridine rings is 1. The predicted octanol–water partition coefficient (Wildman–Crippen LogP) is 2.60. The Morgan fingerprint density at radius 1 is 1.05 bits per heavy atom. The van der Waals surface area contributed by atoms with E-state index < -0.39 is 0 Å². The molecule has 20 heavy (non-hydrogen) atoms. The van der Waals surface area contributed by atoms with E-state index >= 15 is 0 Å². The highest BCUT2D eigenvalue weighted by atomic mass is 15.3. The van der Waals surface area contributed by atoms with Crippen LogP contribution in [0.15, 0.2) is 36.5 Å². The molecular weight excluding hydrogens is 250 g/mol. The fourth-order valence-electron chi connectivity index (χ4n) is 2.55. The molecule has 0 radical (unpaired) electrons. The minimum atomic E-state index is 0.502. The first-order valence-corrected chi connectivity index (χ1v) is 6.72. The highest BCUT2D eigenvalue weighted by molar-refractivity contribution is 6.00. The van der Waals surface area contributed by atoms with E-state index in [2.05, 4.69) is 9.67 Å². The lowest BCUT2D eigenvalue weighted by Crippen LogP contribution is -1.96. The lowest BCUT2D eigenvalue weighted by atomic mass is 10.1. The number of rotatable bonds is 2. The predicted molar refractivity (Wildman–Crippen MR) is 80.1 cm³/mol. The molecule has 0 saturated heterocycles. The molecule has 100 valence electrons. The molecule has 0 aliphatic heterocycles. The SMILES string of the molecule is Nc1ccc(-c2nn(C3CC3)c3ccnc(N)c23)cc1. The highest BCUT2D eigenvalue weighted by Gasteiger charge is 2.28. The molecule has 1 saturated carbocycles. The molecule has 5 nitrogen and oxygen atoms in total. The van der Waals surface area contributed by atoms with Gasteiger partial charge in [-0.05, 0) is 31.0 Å². The number of nitrogen functional groups attached to an aromatic ring is 2. The van der Waals surface area contributed by atoms with Crippen LogP contribution >= 0.6 is 0 Å². The summed E-state index contributed by atoms with van der Waals surface area (Å²) in [6.07, 6.45) is 4.10. The maximum absolute atomic E-state index is 6.07. The number of anilines is 2. The molecule has 0 bridgehead atoms. The van der Waals surface area contributed by atoms with Crippen molar-refractivity contribution in [2.75, 3.05) is 11.5 Å². The lowest BCUT2D eigenvalue weighted by molar-refractivity contribution is 0.668. The van der Waals surface area contributed by atoms with Gasteiger partial charge in [0, 0.05) is 17.4 Å². The minimum Gasteiger partial charge on any atom is -0.399 e. The summed E-state index contributed by atoms with van der Waals surface area (Å²) in [6.45, 7) is 0.